The highest BCUT2D eigenvalue weighted by Crippen LogP contribution is 2.31. The number of amides is 1. The SMILES string of the molecule is CCCCCc1ccc(C(=O)Nc2nnc(S[C@@H](CC)C(=O)OCC)s2)cc1. The number of nitrogens with zero attached hydrogens (tertiary/aromatic N) is 2. The number of thioether (sulfide) groups is 1. The van der Waals surface area contributed by atoms with E-state index in [0.29, 0.717) is 28.1 Å². The number of carbonyl (C=O) groups excluding carboxylic acids is 2. The van der Waals surface area contributed by atoms with Crippen molar-refractivity contribution in [3.63, 3.8) is 0 Å². The number of hydrogen-bond donors (Lipinski definition) is 1. The lowest BCUT2D eigenvalue weighted by Crippen LogP contribution is -2.19. The van der Waals surface area contributed by atoms with Gasteiger partial charge in [0.1, 0.15) is 5.25 Å². The summed E-state index contributed by atoms with van der Waals surface area (Å²) >= 11 is 2.56. The molecule has 2 rings (SSSR count). The van der Waals surface area contributed by atoms with E-state index in [9.17, 15) is 9.59 Å². The molecule has 1 atom stereocenters. The predicted octanol–water partition coefficient (Wildman–Crippen LogP) is 4.96. The monoisotopic (exact) mass is 421 g/mol. The molecule has 0 saturated heterocycles. The third kappa shape index (κ3) is 6.91. The van der Waals surface area contributed by atoms with Gasteiger partial charge in [-0.1, -0.05) is 61.9 Å². The second kappa shape index (κ2) is 11.8. The highest BCUT2D eigenvalue weighted by Gasteiger charge is 2.21. The van der Waals surface area contributed by atoms with E-state index in [-0.39, 0.29) is 17.1 Å². The first-order valence-electron chi connectivity index (χ1n) is 9.64. The van der Waals surface area contributed by atoms with Crippen LogP contribution in [-0.2, 0) is 16.0 Å². The summed E-state index contributed by atoms with van der Waals surface area (Å²) in [6, 6.07) is 7.66. The van der Waals surface area contributed by atoms with Gasteiger partial charge in [0, 0.05) is 5.56 Å². The first-order valence-corrected chi connectivity index (χ1v) is 11.3. The van der Waals surface area contributed by atoms with Gasteiger partial charge in [-0.05, 0) is 43.9 Å². The van der Waals surface area contributed by atoms with E-state index in [1.54, 1.807) is 6.92 Å². The van der Waals surface area contributed by atoms with Gasteiger partial charge in [-0.25, -0.2) is 0 Å². The summed E-state index contributed by atoms with van der Waals surface area (Å²) in [6.07, 6.45) is 5.25. The fourth-order valence-corrected chi connectivity index (χ4v) is 4.45. The molecule has 0 unspecified atom stereocenters. The van der Waals surface area contributed by atoms with Crippen molar-refractivity contribution in [2.45, 2.75) is 62.5 Å². The Morgan fingerprint density at radius 1 is 1.14 bits per heavy atom. The molecule has 28 heavy (non-hydrogen) atoms. The van der Waals surface area contributed by atoms with E-state index in [2.05, 4.69) is 22.4 Å². The summed E-state index contributed by atoms with van der Waals surface area (Å²) in [5.74, 6) is -0.472. The zero-order chi connectivity index (χ0) is 20.4. The average molecular weight is 422 g/mol. The molecule has 0 fully saturated rings. The number of aromatic nitrogens is 2. The second-order valence-corrected chi connectivity index (χ2v) is 8.68. The summed E-state index contributed by atoms with van der Waals surface area (Å²) in [4.78, 5) is 24.3. The quantitative estimate of drug-likeness (QED) is 0.239. The first-order chi connectivity index (χ1) is 13.6. The molecule has 0 saturated carbocycles. The molecule has 1 heterocycles. The van der Waals surface area contributed by atoms with Crippen molar-refractivity contribution in [3.05, 3.63) is 35.4 Å². The minimum atomic E-state index is -0.322. The van der Waals surface area contributed by atoms with Crippen LogP contribution >= 0.6 is 23.1 Å². The molecule has 152 valence electrons. The Hall–Kier alpha value is -1.93. The van der Waals surface area contributed by atoms with E-state index in [0.717, 1.165) is 12.8 Å². The lowest BCUT2D eigenvalue weighted by atomic mass is 10.1. The van der Waals surface area contributed by atoms with Gasteiger partial charge < -0.3 is 4.74 Å². The third-order valence-electron chi connectivity index (χ3n) is 4.08. The van der Waals surface area contributed by atoms with Crippen LogP contribution in [0.5, 0.6) is 0 Å². The zero-order valence-corrected chi connectivity index (χ0v) is 18.2. The van der Waals surface area contributed by atoms with E-state index in [4.69, 9.17) is 4.74 Å². The zero-order valence-electron chi connectivity index (χ0n) is 16.6. The molecule has 6 nitrogen and oxygen atoms in total. The maximum atomic E-state index is 12.4. The first kappa shape index (κ1) is 22.4. The Morgan fingerprint density at radius 2 is 1.89 bits per heavy atom. The fraction of sp³-hybridized carbons (Fsp3) is 0.500. The Morgan fingerprint density at radius 3 is 2.54 bits per heavy atom. The van der Waals surface area contributed by atoms with E-state index >= 15 is 0 Å². The van der Waals surface area contributed by atoms with E-state index in [1.165, 1.54) is 41.5 Å². The van der Waals surface area contributed by atoms with Crippen LogP contribution in [-0.4, -0.2) is 33.9 Å². The van der Waals surface area contributed by atoms with Gasteiger partial charge in [0.25, 0.3) is 5.91 Å². The molecule has 0 aliphatic heterocycles. The number of unbranched alkanes of at least 4 members (excludes halogenated alkanes) is 2. The second-order valence-electron chi connectivity index (χ2n) is 6.25. The van der Waals surface area contributed by atoms with Crippen molar-refractivity contribution >= 4 is 40.1 Å². The lowest BCUT2D eigenvalue weighted by molar-refractivity contribution is -0.142. The topological polar surface area (TPSA) is 81.2 Å². The van der Waals surface area contributed by atoms with Crippen LogP contribution in [0.25, 0.3) is 0 Å². The molecular weight excluding hydrogens is 394 g/mol. The third-order valence-corrected chi connectivity index (χ3v) is 6.34. The standard InChI is InChI=1S/C20H27N3O3S2/c1-4-7-8-9-14-10-12-15(13-11-14)17(24)21-19-22-23-20(28-19)27-16(5-2)18(25)26-6-3/h10-13,16H,4-9H2,1-3H3,(H,21,22,24)/t16-/m0/s1. The maximum absolute atomic E-state index is 12.4. The van der Waals surface area contributed by atoms with Crippen LogP contribution in [0, 0.1) is 0 Å². The molecule has 0 radical (unpaired) electrons. The van der Waals surface area contributed by atoms with Crippen LogP contribution in [0.4, 0.5) is 5.13 Å². The Labute approximate surface area is 174 Å². The molecule has 1 aromatic carbocycles. The molecular formula is C20H27N3O3S2. The van der Waals surface area contributed by atoms with Crippen LogP contribution in [0.2, 0.25) is 0 Å². The van der Waals surface area contributed by atoms with Crippen molar-refractivity contribution < 1.29 is 14.3 Å². The molecule has 1 N–H and O–H groups in total. The molecule has 2 aromatic rings. The average Bonchev–Trinajstić information content (AvgIpc) is 3.14. The number of carbonyl (C=O) groups is 2. The number of nitrogens with one attached hydrogen (secondary N) is 1. The number of ether oxygens (including phenoxy) is 1. The van der Waals surface area contributed by atoms with Crippen LogP contribution in [0.15, 0.2) is 28.6 Å². The van der Waals surface area contributed by atoms with E-state index < -0.39 is 0 Å². The normalized spacial score (nSPS) is 11.8. The lowest BCUT2D eigenvalue weighted by Gasteiger charge is -2.10. The predicted molar refractivity (Wildman–Crippen MR) is 114 cm³/mol. The molecule has 1 amide bonds. The van der Waals surface area contributed by atoms with E-state index in [1.807, 2.05) is 31.2 Å². The number of aryl methyl sites for hydroxylation is 1. The largest absolute Gasteiger partial charge is 0.465 e. The van der Waals surface area contributed by atoms with Gasteiger partial charge in [0.15, 0.2) is 4.34 Å². The molecule has 0 bridgehead atoms. The maximum Gasteiger partial charge on any atom is 0.319 e. The highest BCUT2D eigenvalue weighted by molar-refractivity contribution is 8.02. The summed E-state index contributed by atoms with van der Waals surface area (Å²) in [7, 11) is 0. The molecule has 8 heteroatoms. The molecule has 0 spiro atoms. The van der Waals surface area contributed by atoms with Crippen molar-refractivity contribution in [1.82, 2.24) is 10.2 Å². The Balaban J connectivity index is 1.91. The Bertz CT molecular complexity index is 762. The highest BCUT2D eigenvalue weighted by atomic mass is 32.2. The van der Waals surface area contributed by atoms with Crippen molar-refractivity contribution in [1.29, 1.82) is 0 Å². The van der Waals surface area contributed by atoms with Crippen molar-refractivity contribution in [3.8, 4) is 0 Å². The van der Waals surface area contributed by atoms with Gasteiger partial charge >= 0.3 is 5.97 Å². The number of hydrogen-bond acceptors (Lipinski definition) is 7. The Kier molecular flexibility index (Phi) is 9.43. The smallest absolute Gasteiger partial charge is 0.319 e. The number of anilines is 1. The van der Waals surface area contributed by atoms with Gasteiger partial charge in [-0.15, -0.1) is 10.2 Å². The van der Waals surface area contributed by atoms with Crippen LogP contribution < -0.4 is 5.32 Å². The van der Waals surface area contributed by atoms with Gasteiger partial charge in [-0.3, -0.25) is 14.9 Å². The van der Waals surface area contributed by atoms with Crippen molar-refractivity contribution in [2.75, 3.05) is 11.9 Å². The summed E-state index contributed by atoms with van der Waals surface area (Å²) in [6.45, 7) is 6.24. The van der Waals surface area contributed by atoms with Crippen LogP contribution in [0.3, 0.4) is 0 Å². The minimum Gasteiger partial charge on any atom is -0.465 e. The number of benzene rings is 1. The fourth-order valence-electron chi connectivity index (χ4n) is 2.53. The summed E-state index contributed by atoms with van der Waals surface area (Å²) in [5, 5.41) is 10.9. The summed E-state index contributed by atoms with van der Waals surface area (Å²) in [5.41, 5.74) is 1.82. The summed E-state index contributed by atoms with van der Waals surface area (Å²) < 4.78 is 5.69. The minimum absolute atomic E-state index is 0.217. The van der Waals surface area contributed by atoms with Crippen molar-refractivity contribution in [2.24, 2.45) is 0 Å². The molecule has 0 aliphatic carbocycles. The molecule has 0 aliphatic rings. The van der Waals surface area contributed by atoms with Gasteiger partial charge in [0.2, 0.25) is 5.13 Å². The number of rotatable bonds is 11. The van der Waals surface area contributed by atoms with Gasteiger partial charge in [0.05, 0.1) is 6.61 Å². The number of esters is 1. The van der Waals surface area contributed by atoms with Gasteiger partial charge in [-0.2, -0.15) is 0 Å². The molecule has 1 aromatic heterocycles. The van der Waals surface area contributed by atoms with Crippen LogP contribution in [0.1, 0.15) is 62.4 Å².